The van der Waals surface area contributed by atoms with Crippen LogP contribution in [-0.2, 0) is 23.2 Å². The van der Waals surface area contributed by atoms with E-state index in [0.717, 1.165) is 30.8 Å². The van der Waals surface area contributed by atoms with E-state index < -0.39 is 0 Å². The molecule has 0 spiro atoms. The van der Waals surface area contributed by atoms with Crippen molar-refractivity contribution in [1.29, 1.82) is 0 Å². The molecule has 3 aliphatic rings. The average molecular weight is 395 g/mol. The minimum atomic E-state index is 0.0683. The molecule has 2 bridgehead atoms. The van der Waals surface area contributed by atoms with Crippen molar-refractivity contribution in [1.82, 2.24) is 20.1 Å². The van der Waals surface area contributed by atoms with Crippen LogP contribution in [0.25, 0.3) is 0 Å². The second kappa shape index (κ2) is 6.28. The van der Waals surface area contributed by atoms with Gasteiger partial charge in [-0.25, -0.2) is 4.98 Å². The van der Waals surface area contributed by atoms with Crippen LogP contribution in [0.4, 0.5) is 0 Å². The molecule has 1 aromatic heterocycles. The van der Waals surface area contributed by atoms with Gasteiger partial charge in [-0.3, -0.25) is 4.79 Å². The van der Waals surface area contributed by atoms with Gasteiger partial charge in [0.05, 0.1) is 17.1 Å². The van der Waals surface area contributed by atoms with Crippen LogP contribution in [-0.4, -0.2) is 38.3 Å². The number of thioether (sulfide) groups is 1. The third-order valence-electron chi connectivity index (χ3n) is 7.58. The smallest absolute Gasteiger partial charge is 0.233 e. The summed E-state index contributed by atoms with van der Waals surface area (Å²) in [7, 11) is 0. The van der Waals surface area contributed by atoms with Gasteiger partial charge in [0.25, 0.3) is 0 Å². The van der Waals surface area contributed by atoms with E-state index in [1.807, 2.05) is 11.0 Å². The predicted octanol–water partition coefficient (Wildman–Crippen LogP) is 3.72. The van der Waals surface area contributed by atoms with Gasteiger partial charge in [-0.2, -0.15) is 5.10 Å². The molecule has 1 saturated carbocycles. The van der Waals surface area contributed by atoms with Crippen LogP contribution in [0.15, 0.2) is 29.4 Å². The number of fused-ring (bicyclic) bond motifs is 6. The van der Waals surface area contributed by atoms with E-state index in [2.05, 4.69) is 49.2 Å². The molecule has 5 rings (SSSR count). The van der Waals surface area contributed by atoms with E-state index in [0.29, 0.717) is 23.4 Å². The van der Waals surface area contributed by atoms with Crippen LogP contribution >= 0.6 is 11.8 Å². The van der Waals surface area contributed by atoms with Crippen LogP contribution in [0.5, 0.6) is 0 Å². The maximum Gasteiger partial charge on any atom is 0.233 e. The SMILES string of the molecule is CC1(C)[C@@H]2CC[C@]1(C)c1nc(SCC(=O)N3CCc4ccccc4C3)nnc12. The highest BCUT2D eigenvalue weighted by Crippen LogP contribution is 2.66. The minimum absolute atomic E-state index is 0.0683. The normalized spacial score (nSPS) is 26.8. The largest absolute Gasteiger partial charge is 0.337 e. The molecule has 1 amide bonds. The lowest BCUT2D eigenvalue weighted by Crippen LogP contribution is -2.37. The van der Waals surface area contributed by atoms with Gasteiger partial charge in [-0.1, -0.05) is 56.8 Å². The van der Waals surface area contributed by atoms with Gasteiger partial charge in [0.2, 0.25) is 11.1 Å². The Morgan fingerprint density at radius 2 is 2.00 bits per heavy atom. The summed E-state index contributed by atoms with van der Waals surface area (Å²) in [6, 6.07) is 8.39. The number of benzene rings is 1. The van der Waals surface area contributed by atoms with E-state index in [9.17, 15) is 4.79 Å². The van der Waals surface area contributed by atoms with Crippen LogP contribution in [0, 0.1) is 5.41 Å². The van der Waals surface area contributed by atoms with Crippen molar-refractivity contribution in [2.24, 2.45) is 5.41 Å². The van der Waals surface area contributed by atoms with Crippen molar-refractivity contribution in [3.63, 3.8) is 0 Å². The van der Waals surface area contributed by atoms with Crippen molar-refractivity contribution in [2.75, 3.05) is 12.3 Å². The number of carbonyl (C=O) groups is 1. The Hall–Kier alpha value is -1.95. The molecular weight excluding hydrogens is 368 g/mol. The Labute approximate surface area is 170 Å². The molecule has 0 unspecified atom stereocenters. The van der Waals surface area contributed by atoms with E-state index in [-0.39, 0.29) is 16.7 Å². The van der Waals surface area contributed by atoms with Crippen LogP contribution < -0.4 is 0 Å². The van der Waals surface area contributed by atoms with Crippen molar-refractivity contribution in [3.8, 4) is 0 Å². The van der Waals surface area contributed by atoms with E-state index >= 15 is 0 Å². The van der Waals surface area contributed by atoms with E-state index in [4.69, 9.17) is 4.98 Å². The summed E-state index contributed by atoms with van der Waals surface area (Å²) >= 11 is 1.42. The van der Waals surface area contributed by atoms with Gasteiger partial charge in [0.15, 0.2) is 0 Å². The van der Waals surface area contributed by atoms with Gasteiger partial charge in [0.1, 0.15) is 0 Å². The summed E-state index contributed by atoms with van der Waals surface area (Å²) in [5.41, 5.74) is 5.06. The first-order valence-electron chi connectivity index (χ1n) is 10.1. The Morgan fingerprint density at radius 3 is 2.82 bits per heavy atom. The fraction of sp³-hybridized carbons (Fsp3) is 0.545. The van der Waals surface area contributed by atoms with Crippen LogP contribution in [0.3, 0.4) is 0 Å². The minimum Gasteiger partial charge on any atom is -0.337 e. The Bertz CT molecular complexity index is 959. The molecule has 5 nitrogen and oxygen atoms in total. The molecule has 0 saturated heterocycles. The number of nitrogens with zero attached hydrogens (tertiary/aromatic N) is 4. The molecule has 2 aliphatic carbocycles. The Balaban J connectivity index is 1.28. The number of hydrogen-bond acceptors (Lipinski definition) is 5. The number of carbonyl (C=O) groups excluding carboxylic acids is 1. The summed E-state index contributed by atoms with van der Waals surface area (Å²) in [5.74, 6) is 0.977. The standard InChI is InChI=1S/C22H26N4OS/c1-21(2)16-8-10-22(21,3)19-18(16)24-25-20(23-19)28-13-17(27)26-11-9-14-6-4-5-7-15(14)12-26/h4-7,16H,8-13H2,1-3H3/t16-,22-/m1/s1. The molecule has 146 valence electrons. The third-order valence-corrected chi connectivity index (χ3v) is 8.40. The highest BCUT2D eigenvalue weighted by atomic mass is 32.2. The lowest BCUT2D eigenvalue weighted by molar-refractivity contribution is -0.129. The quantitative estimate of drug-likeness (QED) is 0.743. The molecular formula is C22H26N4OS. The van der Waals surface area contributed by atoms with Crippen molar-refractivity contribution in [3.05, 3.63) is 46.8 Å². The van der Waals surface area contributed by atoms with Gasteiger partial charge >= 0.3 is 0 Å². The monoisotopic (exact) mass is 394 g/mol. The van der Waals surface area contributed by atoms with E-state index in [1.54, 1.807) is 0 Å². The summed E-state index contributed by atoms with van der Waals surface area (Å²) in [6.07, 6.45) is 3.26. The highest BCUT2D eigenvalue weighted by Gasteiger charge is 2.61. The molecule has 2 atom stereocenters. The lowest BCUT2D eigenvalue weighted by Gasteiger charge is -2.34. The summed E-state index contributed by atoms with van der Waals surface area (Å²) in [5, 5.41) is 9.53. The molecule has 1 aromatic carbocycles. The fourth-order valence-electron chi connectivity index (χ4n) is 5.35. The summed E-state index contributed by atoms with van der Waals surface area (Å²) in [4.78, 5) is 19.6. The molecule has 28 heavy (non-hydrogen) atoms. The fourth-order valence-corrected chi connectivity index (χ4v) is 6.04. The second-order valence-corrected chi connectivity index (χ2v) is 10.0. The first-order valence-corrected chi connectivity index (χ1v) is 11.1. The molecule has 6 heteroatoms. The first kappa shape index (κ1) is 18.1. The van der Waals surface area contributed by atoms with Gasteiger partial charge in [-0.15, -0.1) is 5.10 Å². The van der Waals surface area contributed by atoms with Gasteiger partial charge in [-0.05, 0) is 35.8 Å². The maximum atomic E-state index is 12.7. The number of amides is 1. The molecule has 0 radical (unpaired) electrons. The highest BCUT2D eigenvalue weighted by molar-refractivity contribution is 7.99. The van der Waals surface area contributed by atoms with Crippen LogP contribution in [0.2, 0.25) is 0 Å². The topological polar surface area (TPSA) is 59.0 Å². The average Bonchev–Trinajstić information content (AvgIpc) is 3.04. The molecule has 1 fully saturated rings. The van der Waals surface area contributed by atoms with E-state index in [1.165, 1.54) is 29.3 Å². The summed E-state index contributed by atoms with van der Waals surface area (Å²) < 4.78 is 0. The first-order chi connectivity index (χ1) is 13.4. The number of hydrogen-bond donors (Lipinski definition) is 0. The zero-order chi connectivity index (χ0) is 19.5. The van der Waals surface area contributed by atoms with Gasteiger partial charge in [0, 0.05) is 24.4 Å². The second-order valence-electron chi connectivity index (χ2n) is 9.10. The zero-order valence-corrected chi connectivity index (χ0v) is 17.6. The molecule has 1 aliphatic heterocycles. The molecule has 0 N–H and O–H groups in total. The van der Waals surface area contributed by atoms with Crippen molar-refractivity contribution in [2.45, 2.75) is 63.1 Å². The summed E-state index contributed by atoms with van der Waals surface area (Å²) in [6.45, 7) is 8.47. The van der Waals surface area contributed by atoms with Crippen LogP contribution in [0.1, 0.15) is 62.0 Å². The Kier molecular flexibility index (Phi) is 4.06. The third kappa shape index (κ3) is 2.53. The van der Waals surface area contributed by atoms with Crippen molar-refractivity contribution >= 4 is 17.7 Å². The molecule has 2 aromatic rings. The van der Waals surface area contributed by atoms with Crippen molar-refractivity contribution < 1.29 is 4.79 Å². The lowest BCUT2D eigenvalue weighted by atomic mass is 9.70. The molecule has 2 heterocycles. The number of rotatable bonds is 3. The van der Waals surface area contributed by atoms with Gasteiger partial charge < -0.3 is 4.90 Å². The predicted molar refractivity (Wildman–Crippen MR) is 109 cm³/mol. The Morgan fingerprint density at radius 1 is 1.21 bits per heavy atom. The zero-order valence-electron chi connectivity index (χ0n) is 16.7. The number of aromatic nitrogens is 3. The maximum absolute atomic E-state index is 12.7.